The highest BCUT2D eigenvalue weighted by Gasteiger charge is 2.23. The number of benzene rings is 1. The molecule has 1 unspecified atom stereocenters. The second kappa shape index (κ2) is 6.91. The molecule has 1 atom stereocenters. The Morgan fingerprint density at radius 3 is 3.04 bits per heavy atom. The molecule has 1 aromatic heterocycles. The lowest BCUT2D eigenvalue weighted by Crippen LogP contribution is -2.41. The highest BCUT2D eigenvalue weighted by molar-refractivity contribution is 5.78. The first-order chi connectivity index (χ1) is 11.2. The largest absolute Gasteiger partial charge is 0.353 e. The number of amides is 1. The Balaban J connectivity index is 1.64. The van der Waals surface area contributed by atoms with E-state index in [2.05, 4.69) is 22.1 Å². The van der Waals surface area contributed by atoms with E-state index >= 15 is 0 Å². The summed E-state index contributed by atoms with van der Waals surface area (Å²) in [6.07, 6.45) is 3.74. The van der Waals surface area contributed by atoms with Crippen LogP contribution in [0.3, 0.4) is 0 Å². The van der Waals surface area contributed by atoms with Crippen molar-refractivity contribution in [3.8, 4) is 0 Å². The van der Waals surface area contributed by atoms with Gasteiger partial charge >= 0.3 is 0 Å². The molecule has 0 radical (unpaired) electrons. The Morgan fingerprint density at radius 2 is 2.22 bits per heavy atom. The number of likely N-dealkylation sites (tertiary alicyclic amines) is 1. The molecule has 1 aromatic carbocycles. The SMILES string of the molecule is CCN1CCCC1CNC(=O)Cn1cnc2ccccc2c1=O. The molecule has 6 nitrogen and oxygen atoms in total. The molecule has 122 valence electrons. The van der Waals surface area contributed by atoms with E-state index in [0.717, 1.165) is 19.5 Å². The number of nitrogens with one attached hydrogen (secondary N) is 1. The molecule has 1 N–H and O–H groups in total. The summed E-state index contributed by atoms with van der Waals surface area (Å²) in [5.74, 6) is -0.146. The molecule has 23 heavy (non-hydrogen) atoms. The van der Waals surface area contributed by atoms with E-state index in [4.69, 9.17) is 0 Å². The van der Waals surface area contributed by atoms with Gasteiger partial charge in [0.1, 0.15) is 6.54 Å². The summed E-state index contributed by atoms with van der Waals surface area (Å²) in [7, 11) is 0. The summed E-state index contributed by atoms with van der Waals surface area (Å²) < 4.78 is 1.36. The fraction of sp³-hybridized carbons (Fsp3) is 0.471. The maximum Gasteiger partial charge on any atom is 0.261 e. The van der Waals surface area contributed by atoms with Gasteiger partial charge < -0.3 is 5.32 Å². The molecule has 1 fully saturated rings. The zero-order valence-corrected chi connectivity index (χ0v) is 13.4. The second-order valence-electron chi connectivity index (χ2n) is 5.92. The predicted molar refractivity (Wildman–Crippen MR) is 89.3 cm³/mol. The molecule has 0 saturated carbocycles. The lowest BCUT2D eigenvalue weighted by atomic mass is 10.2. The number of fused-ring (bicyclic) bond motifs is 1. The van der Waals surface area contributed by atoms with Gasteiger partial charge in [0.15, 0.2) is 0 Å². The van der Waals surface area contributed by atoms with Gasteiger partial charge in [-0.15, -0.1) is 0 Å². The van der Waals surface area contributed by atoms with Crippen LogP contribution >= 0.6 is 0 Å². The van der Waals surface area contributed by atoms with Crippen LogP contribution in [0.15, 0.2) is 35.4 Å². The van der Waals surface area contributed by atoms with Crippen LogP contribution in [-0.4, -0.2) is 46.0 Å². The van der Waals surface area contributed by atoms with Crippen molar-refractivity contribution in [3.05, 3.63) is 40.9 Å². The summed E-state index contributed by atoms with van der Waals surface area (Å²) in [6.45, 7) is 4.90. The van der Waals surface area contributed by atoms with Crippen LogP contribution in [-0.2, 0) is 11.3 Å². The van der Waals surface area contributed by atoms with Crippen molar-refractivity contribution in [1.82, 2.24) is 19.8 Å². The van der Waals surface area contributed by atoms with Gasteiger partial charge in [-0.1, -0.05) is 19.1 Å². The maximum atomic E-state index is 12.4. The zero-order valence-electron chi connectivity index (χ0n) is 13.4. The van der Waals surface area contributed by atoms with E-state index in [9.17, 15) is 9.59 Å². The highest BCUT2D eigenvalue weighted by Crippen LogP contribution is 2.15. The van der Waals surface area contributed by atoms with Crippen LogP contribution in [0.1, 0.15) is 19.8 Å². The summed E-state index contributed by atoms with van der Waals surface area (Å²) in [5.41, 5.74) is 0.473. The number of rotatable bonds is 5. The van der Waals surface area contributed by atoms with Crippen LogP contribution in [0.2, 0.25) is 0 Å². The summed E-state index contributed by atoms with van der Waals surface area (Å²) in [6, 6.07) is 7.58. The van der Waals surface area contributed by atoms with Gasteiger partial charge in [-0.25, -0.2) is 4.98 Å². The lowest BCUT2D eigenvalue weighted by molar-refractivity contribution is -0.121. The Bertz CT molecular complexity index is 756. The normalized spacial score (nSPS) is 18.4. The fourth-order valence-electron chi connectivity index (χ4n) is 3.20. The van der Waals surface area contributed by atoms with E-state index in [0.29, 0.717) is 23.5 Å². The van der Waals surface area contributed by atoms with Crippen molar-refractivity contribution in [2.45, 2.75) is 32.4 Å². The quantitative estimate of drug-likeness (QED) is 0.894. The first-order valence-corrected chi connectivity index (χ1v) is 8.14. The topological polar surface area (TPSA) is 67.2 Å². The number of carbonyl (C=O) groups excluding carboxylic acids is 1. The third-order valence-corrected chi connectivity index (χ3v) is 4.49. The molecule has 2 heterocycles. The minimum Gasteiger partial charge on any atom is -0.353 e. The van der Waals surface area contributed by atoms with Crippen LogP contribution < -0.4 is 10.9 Å². The highest BCUT2D eigenvalue weighted by atomic mass is 16.2. The van der Waals surface area contributed by atoms with Gasteiger partial charge in [-0.05, 0) is 38.1 Å². The number of hydrogen-bond acceptors (Lipinski definition) is 4. The number of para-hydroxylation sites is 1. The smallest absolute Gasteiger partial charge is 0.261 e. The number of carbonyl (C=O) groups is 1. The first kappa shape index (κ1) is 15.7. The van der Waals surface area contributed by atoms with Crippen LogP contribution in [0.25, 0.3) is 10.9 Å². The molecule has 6 heteroatoms. The van der Waals surface area contributed by atoms with Gasteiger partial charge in [0.25, 0.3) is 5.56 Å². The number of aromatic nitrogens is 2. The molecule has 0 bridgehead atoms. The second-order valence-corrected chi connectivity index (χ2v) is 5.92. The zero-order chi connectivity index (χ0) is 16.2. The fourth-order valence-corrected chi connectivity index (χ4v) is 3.20. The van der Waals surface area contributed by atoms with Gasteiger partial charge in [0.05, 0.1) is 17.2 Å². The van der Waals surface area contributed by atoms with Crippen molar-refractivity contribution < 1.29 is 4.79 Å². The molecule has 1 saturated heterocycles. The minimum atomic E-state index is -0.179. The third kappa shape index (κ3) is 3.42. The molecule has 1 amide bonds. The predicted octanol–water partition coefficient (Wildman–Crippen LogP) is 0.997. The lowest BCUT2D eigenvalue weighted by Gasteiger charge is -2.22. The van der Waals surface area contributed by atoms with Crippen molar-refractivity contribution in [3.63, 3.8) is 0 Å². The van der Waals surface area contributed by atoms with E-state index in [1.54, 1.807) is 18.2 Å². The van der Waals surface area contributed by atoms with E-state index in [1.165, 1.54) is 17.3 Å². The van der Waals surface area contributed by atoms with Crippen molar-refractivity contribution in [2.75, 3.05) is 19.6 Å². The first-order valence-electron chi connectivity index (χ1n) is 8.14. The Labute approximate surface area is 135 Å². The van der Waals surface area contributed by atoms with Crippen LogP contribution in [0.4, 0.5) is 0 Å². The van der Waals surface area contributed by atoms with Crippen LogP contribution in [0, 0.1) is 0 Å². The number of likely N-dealkylation sites (N-methyl/N-ethyl adjacent to an activating group) is 1. The van der Waals surface area contributed by atoms with E-state index in [1.807, 2.05) is 6.07 Å². The molecule has 1 aliphatic heterocycles. The van der Waals surface area contributed by atoms with Gasteiger partial charge in [0, 0.05) is 12.6 Å². The third-order valence-electron chi connectivity index (χ3n) is 4.49. The standard InChI is InChI=1S/C17H22N4O2/c1-2-20-9-5-6-13(20)10-18-16(22)11-21-12-19-15-8-4-3-7-14(15)17(21)23/h3-4,7-8,12-13H,2,5-6,9-11H2,1H3,(H,18,22). The van der Waals surface area contributed by atoms with Gasteiger partial charge in [-0.3, -0.25) is 19.1 Å². The summed E-state index contributed by atoms with van der Waals surface area (Å²) >= 11 is 0. The number of nitrogens with zero attached hydrogens (tertiary/aromatic N) is 3. The molecule has 2 aromatic rings. The summed E-state index contributed by atoms with van der Waals surface area (Å²) in [5, 5.41) is 3.48. The molecule has 0 spiro atoms. The molecular formula is C17H22N4O2. The van der Waals surface area contributed by atoms with Crippen molar-refractivity contribution >= 4 is 16.8 Å². The van der Waals surface area contributed by atoms with Gasteiger partial charge in [-0.2, -0.15) is 0 Å². The minimum absolute atomic E-state index is 0.00944. The molecular weight excluding hydrogens is 292 g/mol. The van der Waals surface area contributed by atoms with Crippen molar-refractivity contribution in [1.29, 1.82) is 0 Å². The number of hydrogen-bond donors (Lipinski definition) is 1. The maximum absolute atomic E-state index is 12.4. The average molecular weight is 314 g/mol. The molecule has 3 rings (SSSR count). The Hall–Kier alpha value is -2.21. The van der Waals surface area contributed by atoms with Crippen molar-refractivity contribution in [2.24, 2.45) is 0 Å². The average Bonchev–Trinajstić information content (AvgIpc) is 3.03. The van der Waals surface area contributed by atoms with Crippen LogP contribution in [0.5, 0.6) is 0 Å². The van der Waals surface area contributed by atoms with E-state index in [-0.39, 0.29) is 18.0 Å². The Morgan fingerprint density at radius 1 is 1.39 bits per heavy atom. The Kier molecular flexibility index (Phi) is 4.71. The molecule has 1 aliphatic rings. The molecule has 0 aliphatic carbocycles. The summed E-state index contributed by atoms with van der Waals surface area (Å²) in [4.78, 5) is 31.1. The van der Waals surface area contributed by atoms with Gasteiger partial charge in [0.2, 0.25) is 5.91 Å². The monoisotopic (exact) mass is 314 g/mol. The van der Waals surface area contributed by atoms with E-state index < -0.39 is 0 Å².